The van der Waals surface area contributed by atoms with Crippen molar-refractivity contribution in [2.24, 2.45) is 0 Å². The highest BCUT2D eigenvalue weighted by Gasteiger charge is 2.19. The molecule has 0 aliphatic carbocycles. The highest BCUT2D eigenvalue weighted by Crippen LogP contribution is 2.32. The third-order valence-corrected chi connectivity index (χ3v) is 4.91. The number of nitrogens with one attached hydrogen (secondary N) is 1. The van der Waals surface area contributed by atoms with Crippen molar-refractivity contribution < 1.29 is 14.3 Å². The van der Waals surface area contributed by atoms with Crippen molar-refractivity contribution >= 4 is 28.8 Å². The summed E-state index contributed by atoms with van der Waals surface area (Å²) in [5.41, 5.74) is 2.57. The van der Waals surface area contributed by atoms with Crippen molar-refractivity contribution in [2.45, 2.75) is 18.8 Å². The largest absolute Gasteiger partial charge is 0.497 e. The van der Waals surface area contributed by atoms with Crippen molar-refractivity contribution in [3.8, 4) is 5.75 Å². The van der Waals surface area contributed by atoms with E-state index in [4.69, 9.17) is 21.1 Å². The number of rotatable bonds is 4. The fourth-order valence-electron chi connectivity index (χ4n) is 3.28. The maximum atomic E-state index is 12.8. The third kappa shape index (κ3) is 3.74. The molecule has 0 atom stereocenters. The Balaban J connectivity index is 1.62. The van der Waals surface area contributed by atoms with Gasteiger partial charge in [-0.05, 0) is 42.5 Å². The van der Waals surface area contributed by atoms with Crippen LogP contribution in [0, 0.1) is 0 Å². The van der Waals surface area contributed by atoms with E-state index in [0.717, 1.165) is 31.6 Å². The molecule has 1 amide bonds. The van der Waals surface area contributed by atoms with Crippen LogP contribution in [0.25, 0.3) is 5.65 Å². The first-order valence-corrected chi connectivity index (χ1v) is 9.10. The SMILES string of the molecule is COc1cc(NC(=O)c2cnn3ccc(Cl)nc23)cc(C2CCOCC2)c1. The monoisotopic (exact) mass is 386 g/mol. The molecule has 0 unspecified atom stereocenters. The number of benzene rings is 1. The Labute approximate surface area is 161 Å². The lowest BCUT2D eigenvalue weighted by Gasteiger charge is -2.23. The Bertz CT molecular complexity index is 982. The van der Waals surface area contributed by atoms with Crippen LogP contribution in [-0.2, 0) is 4.74 Å². The Kier molecular flexibility index (Phi) is 4.96. The molecule has 7 nitrogen and oxygen atoms in total. The molecule has 1 aliphatic rings. The fraction of sp³-hybridized carbons (Fsp3) is 0.316. The molecule has 3 aromatic rings. The van der Waals surface area contributed by atoms with Crippen LogP contribution in [0.5, 0.6) is 5.75 Å². The van der Waals surface area contributed by atoms with Crippen LogP contribution >= 0.6 is 11.6 Å². The lowest BCUT2D eigenvalue weighted by atomic mass is 9.91. The van der Waals surface area contributed by atoms with E-state index in [2.05, 4.69) is 15.4 Å². The predicted octanol–water partition coefficient (Wildman–Crippen LogP) is 3.54. The maximum absolute atomic E-state index is 12.8. The zero-order valence-corrected chi connectivity index (χ0v) is 15.6. The summed E-state index contributed by atoms with van der Waals surface area (Å²) >= 11 is 5.95. The van der Waals surface area contributed by atoms with Gasteiger partial charge in [-0.3, -0.25) is 4.79 Å². The first-order chi connectivity index (χ1) is 13.1. The van der Waals surface area contributed by atoms with Crippen LogP contribution in [0.4, 0.5) is 5.69 Å². The molecule has 1 fully saturated rings. The van der Waals surface area contributed by atoms with Gasteiger partial charge in [0.25, 0.3) is 5.91 Å². The summed E-state index contributed by atoms with van der Waals surface area (Å²) in [6.07, 6.45) is 5.05. The maximum Gasteiger partial charge on any atom is 0.261 e. The minimum atomic E-state index is -0.300. The number of halogens is 1. The summed E-state index contributed by atoms with van der Waals surface area (Å²) in [5, 5.41) is 7.37. The lowest BCUT2D eigenvalue weighted by molar-refractivity contribution is 0.0853. The Hall–Kier alpha value is -2.64. The molecule has 0 saturated carbocycles. The van der Waals surface area contributed by atoms with Gasteiger partial charge in [0, 0.05) is 31.2 Å². The molecule has 1 aromatic carbocycles. The summed E-state index contributed by atoms with van der Waals surface area (Å²) in [4.78, 5) is 17.0. The average Bonchev–Trinajstić information content (AvgIpc) is 3.11. The topological polar surface area (TPSA) is 77.8 Å². The molecule has 4 rings (SSSR count). The highest BCUT2D eigenvalue weighted by atomic mass is 35.5. The molecular weight excluding hydrogens is 368 g/mol. The van der Waals surface area contributed by atoms with Gasteiger partial charge in [-0.1, -0.05) is 11.6 Å². The van der Waals surface area contributed by atoms with Crippen LogP contribution in [0.1, 0.15) is 34.7 Å². The number of carbonyl (C=O) groups is 1. The number of ether oxygens (including phenoxy) is 2. The van der Waals surface area contributed by atoms with Gasteiger partial charge >= 0.3 is 0 Å². The molecule has 0 spiro atoms. The number of hydrogen-bond donors (Lipinski definition) is 1. The van der Waals surface area contributed by atoms with Gasteiger partial charge < -0.3 is 14.8 Å². The smallest absolute Gasteiger partial charge is 0.261 e. The molecule has 0 bridgehead atoms. The van der Waals surface area contributed by atoms with Crippen LogP contribution in [0.15, 0.2) is 36.7 Å². The number of anilines is 1. The van der Waals surface area contributed by atoms with Crippen molar-refractivity contribution in [3.63, 3.8) is 0 Å². The molecule has 1 saturated heterocycles. The van der Waals surface area contributed by atoms with Gasteiger partial charge in [0.15, 0.2) is 5.65 Å². The van der Waals surface area contributed by atoms with Gasteiger partial charge in [0.2, 0.25) is 0 Å². The van der Waals surface area contributed by atoms with Crippen LogP contribution in [-0.4, -0.2) is 40.8 Å². The van der Waals surface area contributed by atoms with Crippen molar-refractivity contribution in [3.05, 3.63) is 52.9 Å². The molecule has 2 aromatic heterocycles. The number of fused-ring (bicyclic) bond motifs is 1. The molecule has 8 heteroatoms. The Morgan fingerprint density at radius 3 is 2.93 bits per heavy atom. The normalized spacial score (nSPS) is 15.0. The van der Waals surface area contributed by atoms with E-state index in [1.165, 1.54) is 10.7 Å². The lowest BCUT2D eigenvalue weighted by Crippen LogP contribution is -2.15. The Morgan fingerprint density at radius 2 is 2.15 bits per heavy atom. The molecule has 1 N–H and O–H groups in total. The highest BCUT2D eigenvalue weighted by molar-refractivity contribution is 6.29. The number of nitrogens with zero attached hydrogens (tertiary/aromatic N) is 3. The molecule has 0 radical (unpaired) electrons. The molecule has 27 heavy (non-hydrogen) atoms. The number of amides is 1. The summed E-state index contributed by atoms with van der Waals surface area (Å²) in [5.74, 6) is 0.795. The minimum Gasteiger partial charge on any atom is -0.497 e. The van der Waals surface area contributed by atoms with Gasteiger partial charge in [-0.25, -0.2) is 9.50 Å². The van der Waals surface area contributed by atoms with Crippen LogP contribution in [0.3, 0.4) is 0 Å². The quantitative estimate of drug-likeness (QED) is 0.694. The van der Waals surface area contributed by atoms with E-state index in [0.29, 0.717) is 33.7 Å². The predicted molar refractivity (Wildman–Crippen MR) is 102 cm³/mol. The molecule has 1 aliphatic heterocycles. The molecular formula is C19H19ClN4O3. The second kappa shape index (κ2) is 7.54. The van der Waals surface area contributed by atoms with E-state index in [1.54, 1.807) is 25.4 Å². The van der Waals surface area contributed by atoms with Gasteiger partial charge in [0.05, 0.1) is 13.3 Å². The fourth-order valence-corrected chi connectivity index (χ4v) is 3.42. The zero-order chi connectivity index (χ0) is 18.8. The zero-order valence-electron chi connectivity index (χ0n) is 14.8. The molecule has 3 heterocycles. The second-order valence-corrected chi connectivity index (χ2v) is 6.80. The van der Waals surface area contributed by atoms with Crippen molar-refractivity contribution in [1.29, 1.82) is 0 Å². The van der Waals surface area contributed by atoms with E-state index in [1.807, 2.05) is 12.1 Å². The van der Waals surface area contributed by atoms with Crippen LogP contribution in [0.2, 0.25) is 5.15 Å². The summed E-state index contributed by atoms with van der Waals surface area (Å²) in [7, 11) is 1.62. The standard InChI is InChI=1S/C19H19ClN4O3/c1-26-15-9-13(12-3-6-27-7-4-12)8-14(10-15)22-19(25)16-11-21-24-5-2-17(20)23-18(16)24/h2,5,8-12H,3-4,6-7H2,1H3,(H,22,25). The van der Waals surface area contributed by atoms with Gasteiger partial charge in [0.1, 0.15) is 16.5 Å². The van der Waals surface area contributed by atoms with E-state index in [9.17, 15) is 4.79 Å². The Morgan fingerprint density at radius 1 is 1.33 bits per heavy atom. The van der Waals surface area contributed by atoms with Gasteiger partial charge in [-0.15, -0.1) is 0 Å². The van der Waals surface area contributed by atoms with Crippen LogP contribution < -0.4 is 10.1 Å². The summed E-state index contributed by atoms with van der Waals surface area (Å²) in [6.45, 7) is 1.50. The van der Waals surface area contributed by atoms with E-state index in [-0.39, 0.29) is 5.91 Å². The van der Waals surface area contributed by atoms with E-state index >= 15 is 0 Å². The summed E-state index contributed by atoms with van der Waals surface area (Å²) < 4.78 is 12.4. The summed E-state index contributed by atoms with van der Waals surface area (Å²) in [6, 6.07) is 7.42. The second-order valence-electron chi connectivity index (χ2n) is 6.41. The van der Waals surface area contributed by atoms with Gasteiger partial charge in [-0.2, -0.15) is 5.10 Å². The minimum absolute atomic E-state index is 0.300. The van der Waals surface area contributed by atoms with Crippen molar-refractivity contribution in [1.82, 2.24) is 14.6 Å². The average molecular weight is 387 g/mol. The number of carbonyl (C=O) groups excluding carboxylic acids is 1. The van der Waals surface area contributed by atoms with E-state index < -0.39 is 0 Å². The molecule has 140 valence electrons. The number of methoxy groups -OCH3 is 1. The first kappa shape index (κ1) is 17.8. The van der Waals surface area contributed by atoms with Crippen molar-refractivity contribution in [2.75, 3.05) is 25.6 Å². The number of hydrogen-bond acceptors (Lipinski definition) is 5. The number of aromatic nitrogens is 3. The first-order valence-electron chi connectivity index (χ1n) is 8.72. The third-order valence-electron chi connectivity index (χ3n) is 4.69.